The molecule has 0 saturated heterocycles. The number of hydrogen-bond acceptors (Lipinski definition) is 2. The third-order valence-corrected chi connectivity index (χ3v) is 1.39. The highest BCUT2D eigenvalue weighted by molar-refractivity contribution is 5.71. The number of carbonyl (C=O) groups is 1. The predicted molar refractivity (Wildman–Crippen MR) is 50.8 cm³/mol. The summed E-state index contributed by atoms with van der Waals surface area (Å²) in [6.07, 6.45) is -0.299. The van der Waals surface area contributed by atoms with Gasteiger partial charge in [-0.05, 0) is 6.07 Å². The Balaban J connectivity index is 0.000000791. The fraction of sp³-hybridized carbons (Fsp3) is 0.300. The summed E-state index contributed by atoms with van der Waals surface area (Å²) >= 11 is 0. The lowest BCUT2D eigenvalue weighted by atomic mass is 10.1. The van der Waals surface area contributed by atoms with Gasteiger partial charge in [-0.1, -0.05) is 19.9 Å². The van der Waals surface area contributed by atoms with Crippen LogP contribution >= 0.6 is 0 Å². The zero-order chi connectivity index (χ0) is 11.1. The molecule has 78 valence electrons. The maximum absolute atomic E-state index is 12.4. The molecule has 0 fully saturated rings. The number of phenolic OH excluding ortho intramolecular Hbond substituents is 1. The summed E-state index contributed by atoms with van der Waals surface area (Å²) in [5.41, 5.74) is 0.212. The lowest BCUT2D eigenvalue weighted by Crippen LogP contribution is -2.00. The van der Waals surface area contributed by atoms with Gasteiger partial charge in [0, 0.05) is 11.6 Å². The van der Waals surface area contributed by atoms with Gasteiger partial charge in [-0.2, -0.15) is 0 Å². The predicted octanol–water partition coefficient (Wildman–Crippen LogP) is 2.18. The van der Waals surface area contributed by atoms with Gasteiger partial charge in [0.25, 0.3) is 0 Å². The van der Waals surface area contributed by atoms with Crippen LogP contribution in [-0.4, -0.2) is 16.2 Å². The first-order valence-electron chi connectivity index (χ1n) is 4.29. The molecule has 0 aliphatic carbocycles. The average Bonchev–Trinajstić information content (AvgIpc) is 2.13. The van der Waals surface area contributed by atoms with Crippen molar-refractivity contribution in [3.63, 3.8) is 0 Å². The van der Waals surface area contributed by atoms with Gasteiger partial charge in [0.2, 0.25) is 0 Å². The number of aliphatic carboxylic acids is 1. The largest absolute Gasteiger partial charge is 0.508 e. The third-order valence-electron chi connectivity index (χ3n) is 1.39. The summed E-state index contributed by atoms with van der Waals surface area (Å²) in [7, 11) is 0. The average molecular weight is 200 g/mol. The van der Waals surface area contributed by atoms with Gasteiger partial charge < -0.3 is 10.2 Å². The normalized spacial score (nSPS) is 8.79. The molecule has 1 aromatic carbocycles. The monoisotopic (exact) mass is 200 g/mol. The Kier molecular flexibility index (Phi) is 5.29. The van der Waals surface area contributed by atoms with E-state index in [9.17, 15) is 9.18 Å². The third kappa shape index (κ3) is 3.89. The molecule has 0 radical (unpaired) electrons. The molecule has 0 heterocycles. The van der Waals surface area contributed by atoms with E-state index in [1.807, 2.05) is 13.8 Å². The molecule has 1 rings (SSSR count). The molecular formula is C10H13FO3. The number of hydrogen-bond donors (Lipinski definition) is 2. The van der Waals surface area contributed by atoms with E-state index >= 15 is 0 Å². The second-order valence-corrected chi connectivity index (χ2v) is 2.34. The molecule has 0 amide bonds. The highest BCUT2D eigenvalue weighted by Crippen LogP contribution is 2.18. The number of carboxylic acid groups (broad SMARTS) is 1. The van der Waals surface area contributed by atoms with Crippen LogP contribution in [0.1, 0.15) is 19.4 Å². The van der Waals surface area contributed by atoms with E-state index < -0.39 is 11.8 Å². The molecule has 4 heteroatoms. The van der Waals surface area contributed by atoms with Crippen molar-refractivity contribution in [1.82, 2.24) is 0 Å². The van der Waals surface area contributed by atoms with Crippen molar-refractivity contribution >= 4 is 5.97 Å². The van der Waals surface area contributed by atoms with Crippen LogP contribution in [-0.2, 0) is 11.2 Å². The van der Waals surface area contributed by atoms with Gasteiger partial charge in [-0.15, -0.1) is 0 Å². The Bertz CT molecular complexity index is 310. The van der Waals surface area contributed by atoms with Gasteiger partial charge in [-0.25, -0.2) is 4.39 Å². The molecular weight excluding hydrogens is 187 g/mol. The molecule has 0 aromatic heterocycles. The van der Waals surface area contributed by atoms with Crippen molar-refractivity contribution in [2.75, 3.05) is 0 Å². The van der Waals surface area contributed by atoms with E-state index in [1.54, 1.807) is 0 Å². The summed E-state index contributed by atoms with van der Waals surface area (Å²) in [4.78, 5) is 10.2. The summed E-state index contributed by atoms with van der Waals surface area (Å²) in [5, 5.41) is 17.4. The first kappa shape index (κ1) is 12.4. The van der Waals surface area contributed by atoms with Gasteiger partial charge in [0.05, 0.1) is 6.42 Å². The number of benzene rings is 1. The zero-order valence-corrected chi connectivity index (χ0v) is 8.12. The molecule has 14 heavy (non-hydrogen) atoms. The molecule has 0 unspecified atom stereocenters. The maximum atomic E-state index is 12.4. The second-order valence-electron chi connectivity index (χ2n) is 2.34. The molecule has 3 nitrogen and oxygen atoms in total. The van der Waals surface area contributed by atoms with E-state index in [0.29, 0.717) is 0 Å². The fourth-order valence-electron chi connectivity index (χ4n) is 0.849. The summed E-state index contributed by atoms with van der Waals surface area (Å²) < 4.78 is 12.4. The minimum Gasteiger partial charge on any atom is -0.508 e. The van der Waals surface area contributed by atoms with E-state index in [4.69, 9.17) is 10.2 Å². The van der Waals surface area contributed by atoms with Gasteiger partial charge in [0.15, 0.2) is 0 Å². The zero-order valence-electron chi connectivity index (χ0n) is 8.12. The SMILES string of the molecule is CC.O=C(O)Cc1ccc(F)cc1O. The number of halogens is 1. The second kappa shape index (κ2) is 5.96. The number of phenols is 1. The van der Waals surface area contributed by atoms with Crippen LogP contribution in [0.25, 0.3) is 0 Å². The van der Waals surface area contributed by atoms with Crippen molar-refractivity contribution < 1.29 is 19.4 Å². The Morgan fingerprint density at radius 3 is 2.43 bits per heavy atom. The van der Waals surface area contributed by atoms with Crippen LogP contribution in [0.4, 0.5) is 4.39 Å². The van der Waals surface area contributed by atoms with E-state index in [-0.39, 0.29) is 17.7 Å². The molecule has 0 saturated carbocycles. The minimum absolute atomic E-state index is 0.212. The van der Waals surface area contributed by atoms with Gasteiger partial charge in [0.1, 0.15) is 11.6 Å². The smallest absolute Gasteiger partial charge is 0.307 e. The van der Waals surface area contributed by atoms with Gasteiger partial charge in [-0.3, -0.25) is 4.79 Å². The van der Waals surface area contributed by atoms with E-state index in [1.165, 1.54) is 6.07 Å². The van der Waals surface area contributed by atoms with Gasteiger partial charge >= 0.3 is 5.97 Å². The Morgan fingerprint density at radius 1 is 1.43 bits per heavy atom. The van der Waals surface area contributed by atoms with Crippen LogP contribution in [0.5, 0.6) is 5.75 Å². The quantitative estimate of drug-likeness (QED) is 0.769. The van der Waals surface area contributed by atoms with Crippen LogP contribution in [0, 0.1) is 5.82 Å². The first-order chi connectivity index (χ1) is 6.59. The van der Waals surface area contributed by atoms with Crippen molar-refractivity contribution in [2.24, 2.45) is 0 Å². The topological polar surface area (TPSA) is 57.5 Å². The Labute approximate surface area is 81.8 Å². The molecule has 0 aliphatic rings. The molecule has 1 aromatic rings. The lowest BCUT2D eigenvalue weighted by Gasteiger charge is -1.99. The molecule has 0 atom stereocenters. The Hall–Kier alpha value is -1.58. The highest BCUT2D eigenvalue weighted by atomic mass is 19.1. The summed E-state index contributed by atoms with van der Waals surface area (Å²) in [6.45, 7) is 4.00. The summed E-state index contributed by atoms with van der Waals surface area (Å²) in [6, 6.07) is 3.25. The fourth-order valence-corrected chi connectivity index (χ4v) is 0.849. The molecule has 0 bridgehead atoms. The number of rotatable bonds is 2. The van der Waals surface area contributed by atoms with E-state index in [0.717, 1.165) is 12.1 Å². The van der Waals surface area contributed by atoms with Crippen LogP contribution < -0.4 is 0 Å². The highest BCUT2D eigenvalue weighted by Gasteiger charge is 2.06. The van der Waals surface area contributed by atoms with Crippen molar-refractivity contribution in [3.8, 4) is 5.75 Å². The van der Waals surface area contributed by atoms with Crippen molar-refractivity contribution in [2.45, 2.75) is 20.3 Å². The number of carboxylic acids is 1. The lowest BCUT2D eigenvalue weighted by molar-refractivity contribution is -0.136. The van der Waals surface area contributed by atoms with Crippen molar-refractivity contribution in [1.29, 1.82) is 0 Å². The molecule has 0 aliphatic heterocycles. The van der Waals surface area contributed by atoms with Crippen LogP contribution in [0.3, 0.4) is 0 Å². The van der Waals surface area contributed by atoms with Crippen LogP contribution in [0.2, 0.25) is 0 Å². The molecule has 2 N–H and O–H groups in total. The number of aromatic hydroxyl groups is 1. The first-order valence-corrected chi connectivity index (χ1v) is 4.29. The molecule has 0 spiro atoms. The summed E-state index contributed by atoms with van der Waals surface area (Å²) in [5.74, 6) is -1.96. The maximum Gasteiger partial charge on any atom is 0.307 e. The minimum atomic E-state index is -1.06. The van der Waals surface area contributed by atoms with E-state index in [2.05, 4.69) is 0 Å². The standard InChI is InChI=1S/C8H7FO3.C2H6/c9-6-2-1-5(3-8(11)12)7(10)4-6;1-2/h1-2,4,10H,3H2,(H,11,12);1-2H3. The van der Waals surface area contributed by atoms with Crippen molar-refractivity contribution in [3.05, 3.63) is 29.6 Å². The van der Waals surface area contributed by atoms with Crippen LogP contribution in [0.15, 0.2) is 18.2 Å². The Morgan fingerprint density at radius 2 is 2.00 bits per heavy atom.